The molecule has 2 rings (SSSR count). The molecular formula is C9H8ClNO5S2. The van der Waals surface area contributed by atoms with E-state index in [1.54, 1.807) is 0 Å². The topological polar surface area (TPSA) is 88.6 Å². The number of anilines is 1. The lowest BCUT2D eigenvalue weighted by molar-refractivity contribution is -0.116. The largest absolute Gasteiger partial charge is 0.313 e. The highest BCUT2D eigenvalue weighted by Crippen LogP contribution is 2.32. The van der Waals surface area contributed by atoms with Crippen molar-refractivity contribution < 1.29 is 21.6 Å². The molecule has 1 heterocycles. The Morgan fingerprint density at radius 1 is 1.33 bits per heavy atom. The quantitative estimate of drug-likeness (QED) is 0.699. The fourth-order valence-corrected chi connectivity index (χ4v) is 4.00. The maximum absolute atomic E-state index is 11.8. The van der Waals surface area contributed by atoms with Gasteiger partial charge in [-0.15, -0.1) is 0 Å². The van der Waals surface area contributed by atoms with Crippen LogP contribution in [0.25, 0.3) is 0 Å². The molecule has 1 aliphatic heterocycles. The van der Waals surface area contributed by atoms with Crippen LogP contribution in [0.5, 0.6) is 0 Å². The molecule has 0 radical (unpaired) electrons. The average molecular weight is 310 g/mol. The monoisotopic (exact) mass is 309 g/mol. The maximum atomic E-state index is 11.8. The van der Waals surface area contributed by atoms with Crippen LogP contribution in [0.15, 0.2) is 28.0 Å². The lowest BCUT2D eigenvalue weighted by atomic mass is 10.3. The molecule has 1 aliphatic rings. The first-order chi connectivity index (χ1) is 8.13. The molecule has 0 fully saturated rings. The van der Waals surface area contributed by atoms with Crippen molar-refractivity contribution in [2.45, 2.75) is 9.79 Å². The smallest absolute Gasteiger partial charge is 0.261 e. The highest BCUT2D eigenvalue weighted by Gasteiger charge is 2.33. The van der Waals surface area contributed by atoms with Gasteiger partial charge in [-0.1, -0.05) is 0 Å². The first-order valence-corrected chi connectivity index (χ1v) is 8.67. The number of amides is 1. The van der Waals surface area contributed by atoms with E-state index in [4.69, 9.17) is 10.7 Å². The highest BCUT2D eigenvalue weighted by atomic mass is 35.7. The minimum Gasteiger partial charge on any atom is -0.313 e. The Labute approximate surface area is 108 Å². The number of hydrogen-bond donors (Lipinski definition) is 0. The van der Waals surface area contributed by atoms with E-state index in [1.807, 2.05) is 0 Å². The molecule has 0 atom stereocenters. The zero-order chi connectivity index (χ0) is 13.7. The number of carbonyl (C=O) groups excluding carboxylic acids is 1. The minimum absolute atomic E-state index is 0.148. The molecule has 0 aromatic heterocycles. The van der Waals surface area contributed by atoms with E-state index in [0.29, 0.717) is 0 Å². The summed E-state index contributed by atoms with van der Waals surface area (Å²) in [4.78, 5) is 12.1. The van der Waals surface area contributed by atoms with Gasteiger partial charge in [0.15, 0.2) is 9.84 Å². The van der Waals surface area contributed by atoms with Gasteiger partial charge < -0.3 is 4.90 Å². The van der Waals surface area contributed by atoms with Crippen LogP contribution in [0.4, 0.5) is 5.69 Å². The standard InChI is InChI=1S/C9H8ClNO5S2/c1-11-7-3-2-6(18(10,15)16)4-8(7)17(13,14)5-9(11)12/h2-4H,5H2,1H3. The lowest BCUT2D eigenvalue weighted by Crippen LogP contribution is -2.38. The second-order valence-electron chi connectivity index (χ2n) is 3.78. The Morgan fingerprint density at radius 3 is 2.50 bits per heavy atom. The number of halogens is 1. The number of nitrogens with zero attached hydrogens (tertiary/aromatic N) is 1. The fraction of sp³-hybridized carbons (Fsp3) is 0.222. The van der Waals surface area contributed by atoms with Crippen molar-refractivity contribution in [1.29, 1.82) is 0 Å². The van der Waals surface area contributed by atoms with Gasteiger partial charge in [0.2, 0.25) is 5.91 Å². The second kappa shape index (κ2) is 3.94. The minimum atomic E-state index is -4.01. The predicted octanol–water partition coefficient (Wildman–Crippen LogP) is 0.364. The van der Waals surface area contributed by atoms with Crippen LogP contribution in [0.3, 0.4) is 0 Å². The summed E-state index contributed by atoms with van der Waals surface area (Å²) >= 11 is 0. The number of carbonyl (C=O) groups is 1. The van der Waals surface area contributed by atoms with Crippen LogP contribution < -0.4 is 4.90 Å². The number of rotatable bonds is 1. The summed E-state index contributed by atoms with van der Waals surface area (Å²) in [6.07, 6.45) is 0. The summed E-state index contributed by atoms with van der Waals surface area (Å²) in [5.41, 5.74) is 0.148. The van der Waals surface area contributed by atoms with E-state index in [9.17, 15) is 21.6 Å². The van der Waals surface area contributed by atoms with Crippen LogP contribution in [0.1, 0.15) is 0 Å². The molecule has 18 heavy (non-hydrogen) atoms. The Kier molecular flexibility index (Phi) is 2.91. The molecule has 0 N–H and O–H groups in total. The first kappa shape index (κ1) is 13.3. The van der Waals surface area contributed by atoms with Crippen molar-refractivity contribution >= 4 is 41.2 Å². The van der Waals surface area contributed by atoms with Crippen LogP contribution in [0.2, 0.25) is 0 Å². The van der Waals surface area contributed by atoms with Gasteiger partial charge in [-0.25, -0.2) is 16.8 Å². The average Bonchev–Trinajstić information content (AvgIpc) is 2.24. The van der Waals surface area contributed by atoms with E-state index < -0.39 is 30.5 Å². The number of hydrogen-bond acceptors (Lipinski definition) is 5. The third kappa shape index (κ3) is 2.11. The lowest BCUT2D eigenvalue weighted by Gasteiger charge is -2.25. The molecule has 0 unspecified atom stereocenters. The number of fused-ring (bicyclic) bond motifs is 1. The van der Waals surface area contributed by atoms with Crippen molar-refractivity contribution in [3.8, 4) is 0 Å². The predicted molar refractivity (Wildman–Crippen MR) is 64.9 cm³/mol. The van der Waals surface area contributed by atoms with Crippen molar-refractivity contribution in [3.05, 3.63) is 18.2 Å². The van der Waals surface area contributed by atoms with Gasteiger partial charge in [-0.05, 0) is 18.2 Å². The van der Waals surface area contributed by atoms with E-state index in [1.165, 1.54) is 18.0 Å². The molecule has 0 bridgehead atoms. The van der Waals surface area contributed by atoms with Gasteiger partial charge in [0.25, 0.3) is 9.05 Å². The van der Waals surface area contributed by atoms with E-state index >= 15 is 0 Å². The van der Waals surface area contributed by atoms with Gasteiger partial charge in [-0.2, -0.15) is 0 Å². The van der Waals surface area contributed by atoms with Crippen molar-refractivity contribution in [1.82, 2.24) is 0 Å². The zero-order valence-corrected chi connectivity index (χ0v) is 11.5. The molecule has 1 amide bonds. The van der Waals surface area contributed by atoms with E-state index in [-0.39, 0.29) is 15.5 Å². The molecule has 1 aromatic carbocycles. The second-order valence-corrected chi connectivity index (χ2v) is 8.30. The molecular weight excluding hydrogens is 302 g/mol. The SMILES string of the molecule is CN1C(=O)CS(=O)(=O)c2cc(S(=O)(=O)Cl)ccc21. The van der Waals surface area contributed by atoms with Crippen molar-refractivity contribution in [2.24, 2.45) is 0 Å². The Bertz CT molecular complexity index is 738. The summed E-state index contributed by atoms with van der Waals surface area (Å²) in [5.74, 6) is -1.24. The fourth-order valence-electron chi connectivity index (χ4n) is 1.64. The Balaban J connectivity index is 2.77. The number of sulfone groups is 1. The molecule has 6 nitrogen and oxygen atoms in total. The Morgan fingerprint density at radius 2 is 1.94 bits per heavy atom. The van der Waals surface area contributed by atoms with Crippen molar-refractivity contribution in [2.75, 3.05) is 17.7 Å². The number of benzene rings is 1. The summed E-state index contributed by atoms with van der Waals surface area (Å²) in [7, 11) is -1.26. The van der Waals surface area contributed by atoms with Crippen LogP contribution in [0, 0.1) is 0 Å². The first-order valence-electron chi connectivity index (χ1n) is 4.71. The molecule has 98 valence electrons. The van der Waals surface area contributed by atoms with Gasteiger partial charge in [0, 0.05) is 17.7 Å². The van der Waals surface area contributed by atoms with Gasteiger partial charge in [0.05, 0.1) is 15.5 Å². The van der Waals surface area contributed by atoms with E-state index in [2.05, 4.69) is 0 Å². The van der Waals surface area contributed by atoms with Crippen molar-refractivity contribution in [3.63, 3.8) is 0 Å². The van der Waals surface area contributed by atoms with Crippen LogP contribution in [-0.2, 0) is 23.7 Å². The normalized spacial score (nSPS) is 18.6. The molecule has 0 aliphatic carbocycles. The third-order valence-electron chi connectivity index (χ3n) is 2.60. The third-order valence-corrected chi connectivity index (χ3v) is 5.57. The van der Waals surface area contributed by atoms with Crippen LogP contribution >= 0.6 is 10.7 Å². The summed E-state index contributed by atoms with van der Waals surface area (Å²) < 4.78 is 46.0. The zero-order valence-electron chi connectivity index (χ0n) is 9.12. The summed E-state index contributed by atoms with van der Waals surface area (Å²) in [6, 6.07) is 3.38. The van der Waals surface area contributed by atoms with Gasteiger partial charge in [-0.3, -0.25) is 4.79 Å². The molecule has 9 heteroatoms. The van der Waals surface area contributed by atoms with Gasteiger partial charge in [0.1, 0.15) is 5.75 Å². The van der Waals surface area contributed by atoms with Crippen LogP contribution in [-0.4, -0.2) is 35.5 Å². The summed E-state index contributed by atoms with van der Waals surface area (Å²) in [6.45, 7) is 0. The molecule has 0 spiro atoms. The van der Waals surface area contributed by atoms with E-state index in [0.717, 1.165) is 12.1 Å². The van der Waals surface area contributed by atoms with Gasteiger partial charge >= 0.3 is 0 Å². The molecule has 1 aromatic rings. The Hall–Kier alpha value is -1.12. The molecule has 0 saturated carbocycles. The highest BCUT2D eigenvalue weighted by molar-refractivity contribution is 8.13. The summed E-state index contributed by atoms with van der Waals surface area (Å²) in [5, 5.41) is 0. The molecule has 0 saturated heterocycles. The maximum Gasteiger partial charge on any atom is 0.261 e.